The number of nitrogens with zero attached hydrogens (tertiary/aromatic N) is 2. The van der Waals surface area contributed by atoms with Gasteiger partial charge >= 0.3 is 0 Å². The number of nitrogens with one attached hydrogen (secondary N) is 1. The lowest BCUT2D eigenvalue weighted by atomic mass is 10.2. The summed E-state index contributed by atoms with van der Waals surface area (Å²) in [5.41, 5.74) is 2.32. The second kappa shape index (κ2) is 6.52. The molecule has 0 atom stereocenters. The molecule has 4 heteroatoms. The Bertz CT molecular complexity index is 493. The van der Waals surface area contributed by atoms with Crippen LogP contribution in [0.15, 0.2) is 24.3 Å². The minimum absolute atomic E-state index is 0.783. The van der Waals surface area contributed by atoms with E-state index in [1.165, 1.54) is 10.9 Å². The van der Waals surface area contributed by atoms with E-state index < -0.39 is 0 Å². The first kappa shape index (κ1) is 13.1. The molecule has 2 rings (SSSR count). The Morgan fingerprint density at radius 1 is 1.33 bits per heavy atom. The molecule has 1 aromatic heterocycles. The van der Waals surface area contributed by atoms with Gasteiger partial charge in [-0.15, -0.1) is 0 Å². The Labute approximate surface area is 108 Å². The van der Waals surface area contributed by atoms with Gasteiger partial charge in [0.05, 0.1) is 11.2 Å². The predicted octanol–water partition coefficient (Wildman–Crippen LogP) is 2.18. The molecule has 1 aromatic carbocycles. The summed E-state index contributed by atoms with van der Waals surface area (Å²) < 4.78 is 7.45. The summed E-state index contributed by atoms with van der Waals surface area (Å²) in [6.07, 6.45) is 0.999. The number of benzene rings is 1. The van der Waals surface area contributed by atoms with Crippen LogP contribution in [0.1, 0.15) is 19.0 Å². The monoisotopic (exact) mass is 247 g/mol. The molecule has 0 unspecified atom stereocenters. The fourth-order valence-electron chi connectivity index (χ4n) is 2.13. The molecule has 98 valence electrons. The van der Waals surface area contributed by atoms with E-state index in [-0.39, 0.29) is 0 Å². The Hall–Kier alpha value is -1.39. The number of fused-ring (bicyclic) bond motifs is 1. The molecule has 18 heavy (non-hydrogen) atoms. The number of hydrogen-bond acceptors (Lipinski definition) is 3. The zero-order valence-corrected chi connectivity index (χ0v) is 11.1. The van der Waals surface area contributed by atoms with Crippen molar-refractivity contribution in [2.45, 2.75) is 26.4 Å². The van der Waals surface area contributed by atoms with Crippen molar-refractivity contribution in [3.05, 3.63) is 30.0 Å². The number of rotatable bonds is 7. The fourth-order valence-corrected chi connectivity index (χ4v) is 2.13. The Kier molecular flexibility index (Phi) is 4.73. The van der Waals surface area contributed by atoms with Gasteiger partial charge in [-0.3, -0.25) is 4.68 Å². The van der Waals surface area contributed by atoms with Crippen molar-refractivity contribution >= 4 is 10.9 Å². The first-order valence-corrected chi connectivity index (χ1v) is 6.53. The SMILES string of the molecule is CCOCCCn1nc(CNC)c2ccccc21. The zero-order valence-electron chi connectivity index (χ0n) is 11.1. The topological polar surface area (TPSA) is 39.1 Å². The predicted molar refractivity (Wildman–Crippen MR) is 73.6 cm³/mol. The molecule has 1 heterocycles. The number of para-hydroxylation sites is 1. The summed E-state index contributed by atoms with van der Waals surface area (Å²) >= 11 is 0. The molecule has 0 aliphatic rings. The maximum Gasteiger partial charge on any atom is 0.0841 e. The standard InChI is InChI=1S/C14H21N3O/c1-3-18-10-6-9-17-14-8-5-4-7-12(14)13(16-17)11-15-2/h4-5,7-8,15H,3,6,9-11H2,1-2H3. The highest BCUT2D eigenvalue weighted by atomic mass is 16.5. The molecule has 0 saturated heterocycles. The average molecular weight is 247 g/mol. The summed E-state index contributed by atoms with van der Waals surface area (Å²) in [4.78, 5) is 0. The van der Waals surface area contributed by atoms with Crippen molar-refractivity contribution in [1.29, 1.82) is 0 Å². The second-order valence-corrected chi connectivity index (χ2v) is 4.27. The van der Waals surface area contributed by atoms with Gasteiger partial charge in [-0.05, 0) is 26.5 Å². The van der Waals surface area contributed by atoms with Crippen LogP contribution in [0.2, 0.25) is 0 Å². The maximum absolute atomic E-state index is 5.37. The molecule has 0 radical (unpaired) electrons. The highest BCUT2D eigenvalue weighted by Gasteiger charge is 2.08. The van der Waals surface area contributed by atoms with Crippen molar-refractivity contribution in [3.8, 4) is 0 Å². The minimum Gasteiger partial charge on any atom is -0.382 e. The lowest BCUT2D eigenvalue weighted by Crippen LogP contribution is -2.08. The molecule has 2 aromatic rings. The molecule has 0 spiro atoms. The Balaban J connectivity index is 2.16. The highest BCUT2D eigenvalue weighted by Crippen LogP contribution is 2.18. The first-order chi connectivity index (χ1) is 8.86. The Morgan fingerprint density at radius 2 is 2.17 bits per heavy atom. The van der Waals surface area contributed by atoms with Gasteiger partial charge in [0, 0.05) is 31.7 Å². The number of aromatic nitrogens is 2. The molecule has 0 amide bonds. The molecule has 1 N–H and O–H groups in total. The van der Waals surface area contributed by atoms with Gasteiger partial charge in [0.25, 0.3) is 0 Å². The van der Waals surface area contributed by atoms with Crippen LogP contribution in [0.5, 0.6) is 0 Å². The average Bonchev–Trinajstić information content (AvgIpc) is 2.74. The molecule has 0 bridgehead atoms. The zero-order chi connectivity index (χ0) is 12.8. The summed E-state index contributed by atoms with van der Waals surface area (Å²) in [6.45, 7) is 5.31. The van der Waals surface area contributed by atoms with Crippen LogP contribution >= 0.6 is 0 Å². The summed E-state index contributed by atoms with van der Waals surface area (Å²) in [5.74, 6) is 0. The molecular formula is C14H21N3O. The Morgan fingerprint density at radius 3 is 2.94 bits per heavy atom. The normalized spacial score (nSPS) is 11.2. The fraction of sp³-hybridized carbons (Fsp3) is 0.500. The third-order valence-electron chi connectivity index (χ3n) is 2.94. The van der Waals surface area contributed by atoms with Gasteiger partial charge < -0.3 is 10.1 Å². The van der Waals surface area contributed by atoms with E-state index in [4.69, 9.17) is 4.74 Å². The van der Waals surface area contributed by atoms with Gasteiger partial charge in [-0.25, -0.2) is 0 Å². The van der Waals surface area contributed by atoms with Crippen LogP contribution in [-0.4, -0.2) is 30.0 Å². The number of ether oxygens (including phenoxy) is 1. The van der Waals surface area contributed by atoms with Gasteiger partial charge in [0.2, 0.25) is 0 Å². The van der Waals surface area contributed by atoms with Gasteiger partial charge in [0.15, 0.2) is 0 Å². The quantitative estimate of drug-likeness (QED) is 0.762. The number of aryl methyl sites for hydroxylation is 1. The molecular weight excluding hydrogens is 226 g/mol. The molecule has 0 aliphatic carbocycles. The van der Waals surface area contributed by atoms with Crippen molar-refractivity contribution in [1.82, 2.24) is 15.1 Å². The van der Waals surface area contributed by atoms with Crippen molar-refractivity contribution in [2.75, 3.05) is 20.3 Å². The summed E-state index contributed by atoms with van der Waals surface area (Å²) in [5, 5.41) is 9.08. The van der Waals surface area contributed by atoms with Crippen molar-refractivity contribution < 1.29 is 4.74 Å². The van der Waals surface area contributed by atoms with E-state index in [1.54, 1.807) is 0 Å². The lowest BCUT2D eigenvalue weighted by molar-refractivity contribution is 0.141. The maximum atomic E-state index is 5.37. The van der Waals surface area contributed by atoms with E-state index in [0.717, 1.165) is 38.4 Å². The van der Waals surface area contributed by atoms with E-state index in [2.05, 4.69) is 39.4 Å². The van der Waals surface area contributed by atoms with E-state index >= 15 is 0 Å². The van der Waals surface area contributed by atoms with Gasteiger partial charge in [-0.1, -0.05) is 18.2 Å². The molecule has 0 saturated carbocycles. The van der Waals surface area contributed by atoms with Crippen LogP contribution in [0.25, 0.3) is 10.9 Å². The van der Waals surface area contributed by atoms with E-state index in [9.17, 15) is 0 Å². The minimum atomic E-state index is 0.783. The van der Waals surface area contributed by atoms with Crippen LogP contribution in [0.3, 0.4) is 0 Å². The largest absolute Gasteiger partial charge is 0.382 e. The highest BCUT2D eigenvalue weighted by molar-refractivity contribution is 5.81. The van der Waals surface area contributed by atoms with Crippen LogP contribution < -0.4 is 5.32 Å². The van der Waals surface area contributed by atoms with Crippen molar-refractivity contribution in [3.63, 3.8) is 0 Å². The summed E-state index contributed by atoms with van der Waals surface area (Å²) in [6, 6.07) is 8.39. The molecule has 4 nitrogen and oxygen atoms in total. The smallest absolute Gasteiger partial charge is 0.0841 e. The summed E-state index contributed by atoms with van der Waals surface area (Å²) in [7, 11) is 1.95. The third kappa shape index (κ3) is 2.89. The van der Waals surface area contributed by atoms with Gasteiger partial charge in [-0.2, -0.15) is 5.10 Å². The van der Waals surface area contributed by atoms with E-state index in [1.807, 2.05) is 14.0 Å². The van der Waals surface area contributed by atoms with Crippen molar-refractivity contribution in [2.24, 2.45) is 0 Å². The lowest BCUT2D eigenvalue weighted by Gasteiger charge is -2.03. The first-order valence-electron chi connectivity index (χ1n) is 6.53. The van der Waals surface area contributed by atoms with Crippen LogP contribution in [0, 0.1) is 0 Å². The molecule has 0 aliphatic heterocycles. The second-order valence-electron chi connectivity index (χ2n) is 4.27. The molecule has 0 fully saturated rings. The van der Waals surface area contributed by atoms with Crippen LogP contribution in [0.4, 0.5) is 0 Å². The van der Waals surface area contributed by atoms with Crippen LogP contribution in [-0.2, 0) is 17.8 Å². The number of hydrogen-bond donors (Lipinski definition) is 1. The third-order valence-corrected chi connectivity index (χ3v) is 2.94. The van der Waals surface area contributed by atoms with E-state index in [0.29, 0.717) is 0 Å². The van der Waals surface area contributed by atoms with Gasteiger partial charge in [0.1, 0.15) is 0 Å².